The Hall–Kier alpha value is -2.42. The van der Waals surface area contributed by atoms with Gasteiger partial charge in [-0.25, -0.2) is 4.39 Å². The van der Waals surface area contributed by atoms with Crippen LogP contribution in [0.15, 0.2) is 50.1 Å². The molecule has 1 N–H and O–H groups in total. The summed E-state index contributed by atoms with van der Waals surface area (Å²) in [6.07, 6.45) is 0.849. The van der Waals surface area contributed by atoms with E-state index in [1.807, 2.05) is 0 Å². The first-order chi connectivity index (χ1) is 14.8. The van der Waals surface area contributed by atoms with Crippen LogP contribution in [0.3, 0.4) is 0 Å². The number of rotatable bonds is 7. The molecule has 0 saturated heterocycles. The van der Waals surface area contributed by atoms with Gasteiger partial charge in [-0.05, 0) is 53.0 Å². The van der Waals surface area contributed by atoms with Crippen molar-refractivity contribution in [2.45, 2.75) is 18.9 Å². The number of para-hydroxylation sites is 1. The number of halogens is 3. The fourth-order valence-corrected chi connectivity index (χ4v) is 3.92. The average Bonchev–Trinajstić information content (AvgIpc) is 2.69. The number of hydrogen-bond acceptors (Lipinski definition) is 5. The van der Waals surface area contributed by atoms with E-state index in [9.17, 15) is 14.0 Å². The van der Waals surface area contributed by atoms with Gasteiger partial charge in [0.05, 0.1) is 39.1 Å². The number of hydrogen-bond donors (Lipinski definition) is 1. The van der Waals surface area contributed by atoms with E-state index in [2.05, 4.69) is 15.9 Å². The molecule has 9 heteroatoms. The lowest BCUT2D eigenvalue weighted by molar-refractivity contribution is -0.151. The highest BCUT2D eigenvalue weighted by molar-refractivity contribution is 9.10. The molecule has 1 aliphatic carbocycles. The van der Waals surface area contributed by atoms with Gasteiger partial charge in [0.25, 0.3) is 0 Å². The highest BCUT2D eigenvalue weighted by Gasteiger charge is 2.35. The molecule has 1 aliphatic rings. The fourth-order valence-electron chi connectivity index (χ4n) is 3.39. The largest absolute Gasteiger partial charge is 0.490 e. The molecule has 0 unspecified atom stereocenters. The number of ether oxygens (including phenoxy) is 2. The van der Waals surface area contributed by atoms with Crippen LogP contribution in [0.1, 0.15) is 12.8 Å². The van der Waals surface area contributed by atoms with E-state index < -0.39 is 11.8 Å². The number of aliphatic carboxylic acids is 1. The second-order valence-corrected chi connectivity index (χ2v) is 8.46. The van der Waals surface area contributed by atoms with Crippen molar-refractivity contribution in [2.24, 2.45) is 5.92 Å². The molecule has 2 aromatic carbocycles. The molecule has 0 atom stereocenters. The molecule has 31 heavy (non-hydrogen) atoms. The summed E-state index contributed by atoms with van der Waals surface area (Å²) in [4.78, 5) is 23.4. The minimum absolute atomic E-state index is 0.107. The monoisotopic (exact) mass is 510 g/mol. The molecule has 1 fully saturated rings. The normalized spacial score (nSPS) is 18.0. The second-order valence-electron chi connectivity index (χ2n) is 7.20. The van der Waals surface area contributed by atoms with Gasteiger partial charge < -0.3 is 19.0 Å². The lowest BCUT2D eigenvalue weighted by atomic mass is 9.82. The minimum atomic E-state index is -0.811. The van der Waals surface area contributed by atoms with Crippen molar-refractivity contribution in [3.63, 3.8) is 0 Å². The number of benzene rings is 2. The lowest BCUT2D eigenvalue weighted by Gasteiger charge is -2.32. The maximum atomic E-state index is 14.3. The van der Waals surface area contributed by atoms with Crippen LogP contribution in [0.2, 0.25) is 5.02 Å². The van der Waals surface area contributed by atoms with Crippen LogP contribution in [0, 0.1) is 11.7 Å². The zero-order valence-corrected chi connectivity index (χ0v) is 18.4. The van der Waals surface area contributed by atoms with E-state index in [0.717, 1.165) is 0 Å². The van der Waals surface area contributed by atoms with E-state index >= 15 is 0 Å². The Morgan fingerprint density at radius 2 is 2.03 bits per heavy atom. The molecule has 1 aromatic heterocycles. The van der Waals surface area contributed by atoms with Gasteiger partial charge in [-0.15, -0.1) is 0 Å². The predicted molar refractivity (Wildman–Crippen MR) is 116 cm³/mol. The van der Waals surface area contributed by atoms with E-state index in [-0.39, 0.29) is 57.1 Å². The van der Waals surface area contributed by atoms with Crippen molar-refractivity contribution in [3.8, 4) is 17.1 Å². The molecule has 0 aliphatic heterocycles. The van der Waals surface area contributed by atoms with E-state index in [0.29, 0.717) is 24.0 Å². The quantitative estimate of drug-likeness (QED) is 0.435. The molecule has 3 aromatic rings. The Morgan fingerprint density at radius 1 is 1.26 bits per heavy atom. The van der Waals surface area contributed by atoms with Crippen molar-refractivity contribution in [1.29, 1.82) is 0 Å². The third-order valence-electron chi connectivity index (χ3n) is 5.13. The Balaban J connectivity index is 1.54. The van der Waals surface area contributed by atoms with E-state index in [1.54, 1.807) is 18.2 Å². The van der Waals surface area contributed by atoms with E-state index in [4.69, 9.17) is 30.6 Å². The average molecular weight is 512 g/mol. The lowest BCUT2D eigenvalue weighted by Crippen LogP contribution is -2.37. The van der Waals surface area contributed by atoms with Crippen molar-refractivity contribution >= 4 is 44.5 Å². The zero-order valence-electron chi connectivity index (χ0n) is 16.1. The van der Waals surface area contributed by atoms with Gasteiger partial charge >= 0.3 is 5.97 Å². The summed E-state index contributed by atoms with van der Waals surface area (Å²) in [6, 6.07) is 8.78. The SMILES string of the molecule is O=C(O)C1CC(OCCOc2cc(Br)c(F)cc2-c2cc(=O)c3cccc(Cl)c3o2)C1. The summed E-state index contributed by atoms with van der Waals surface area (Å²) in [5, 5.41) is 9.50. The molecule has 6 nitrogen and oxygen atoms in total. The van der Waals surface area contributed by atoms with Gasteiger partial charge in [0, 0.05) is 6.07 Å². The Kier molecular flexibility index (Phi) is 6.31. The van der Waals surface area contributed by atoms with Crippen LogP contribution in [0.25, 0.3) is 22.3 Å². The standard InChI is InChI=1S/C22H17BrClFO6/c23-15-9-19(30-5-4-29-12-6-11(7-12)22(27)28)14(8-17(15)25)20-10-18(26)13-2-1-3-16(24)21(13)31-20/h1-3,8-12H,4-7H2,(H,27,28). The molecule has 0 radical (unpaired) electrons. The predicted octanol–water partition coefficient (Wildman–Crippen LogP) is 5.27. The number of carboxylic acid groups (broad SMARTS) is 1. The summed E-state index contributed by atoms with van der Waals surface area (Å²) in [5.41, 5.74) is 0.158. The van der Waals surface area contributed by atoms with Gasteiger partial charge in [0.15, 0.2) is 11.0 Å². The second kappa shape index (κ2) is 8.98. The number of carboxylic acids is 1. The van der Waals surface area contributed by atoms with Crippen molar-refractivity contribution in [1.82, 2.24) is 0 Å². The molecule has 162 valence electrons. The maximum Gasteiger partial charge on any atom is 0.306 e. The fraction of sp³-hybridized carbons (Fsp3) is 0.273. The molecular formula is C22H17BrClFO6. The highest BCUT2D eigenvalue weighted by atomic mass is 79.9. The van der Waals surface area contributed by atoms with Crippen LogP contribution in [-0.2, 0) is 9.53 Å². The summed E-state index contributed by atoms with van der Waals surface area (Å²) >= 11 is 9.30. The Bertz CT molecular complexity index is 1200. The van der Waals surface area contributed by atoms with Gasteiger partial charge in [0.1, 0.15) is 23.9 Å². The van der Waals surface area contributed by atoms with Gasteiger partial charge in [-0.2, -0.15) is 0 Å². The first kappa shape index (κ1) is 21.8. The van der Waals surface area contributed by atoms with E-state index in [1.165, 1.54) is 18.2 Å². The molecule has 1 saturated carbocycles. The minimum Gasteiger partial charge on any atom is -0.490 e. The molecule has 0 spiro atoms. The third kappa shape index (κ3) is 4.61. The third-order valence-corrected chi connectivity index (χ3v) is 6.04. The first-order valence-corrected chi connectivity index (χ1v) is 10.7. The van der Waals surface area contributed by atoms with Crippen LogP contribution in [-0.4, -0.2) is 30.4 Å². The zero-order chi connectivity index (χ0) is 22.1. The van der Waals surface area contributed by atoms with Crippen molar-refractivity contribution in [3.05, 3.63) is 61.9 Å². The Morgan fingerprint density at radius 3 is 2.77 bits per heavy atom. The highest BCUT2D eigenvalue weighted by Crippen LogP contribution is 2.36. The van der Waals surface area contributed by atoms with Gasteiger partial charge in [0.2, 0.25) is 0 Å². The number of fused-ring (bicyclic) bond motifs is 1. The number of carbonyl (C=O) groups is 1. The van der Waals surface area contributed by atoms with Crippen molar-refractivity contribution in [2.75, 3.05) is 13.2 Å². The van der Waals surface area contributed by atoms with Crippen LogP contribution < -0.4 is 10.2 Å². The van der Waals surface area contributed by atoms with Crippen molar-refractivity contribution < 1.29 is 28.2 Å². The molecule has 0 amide bonds. The summed E-state index contributed by atoms with van der Waals surface area (Å²) in [6.45, 7) is 0.386. The summed E-state index contributed by atoms with van der Waals surface area (Å²) < 4.78 is 31.7. The molecular weight excluding hydrogens is 495 g/mol. The Labute approximate surface area is 189 Å². The molecule has 1 heterocycles. The first-order valence-electron chi connectivity index (χ1n) is 9.52. The maximum absolute atomic E-state index is 14.3. The van der Waals surface area contributed by atoms with Gasteiger partial charge in [-0.3, -0.25) is 9.59 Å². The van der Waals surface area contributed by atoms with Gasteiger partial charge in [-0.1, -0.05) is 17.7 Å². The molecule has 0 bridgehead atoms. The summed E-state index contributed by atoms with van der Waals surface area (Å²) in [7, 11) is 0. The van der Waals surface area contributed by atoms with Crippen LogP contribution in [0.5, 0.6) is 5.75 Å². The van der Waals surface area contributed by atoms with Crippen LogP contribution >= 0.6 is 27.5 Å². The van der Waals surface area contributed by atoms with Crippen LogP contribution in [0.4, 0.5) is 4.39 Å². The summed E-state index contributed by atoms with van der Waals surface area (Å²) in [5.74, 6) is -1.29. The topological polar surface area (TPSA) is 86.0 Å². The molecule has 4 rings (SSSR count). The smallest absolute Gasteiger partial charge is 0.306 e.